The van der Waals surface area contributed by atoms with E-state index in [1.165, 1.54) is 31.8 Å². The van der Waals surface area contributed by atoms with Crippen LogP contribution >= 0.6 is 0 Å². The summed E-state index contributed by atoms with van der Waals surface area (Å²) >= 11 is 0. The quantitative estimate of drug-likeness (QED) is 0.540. The second-order valence-electron chi connectivity index (χ2n) is 4.52. The largest absolute Gasteiger partial charge is 0.478 e. The van der Waals surface area contributed by atoms with Gasteiger partial charge in [-0.25, -0.2) is 4.79 Å². The Morgan fingerprint density at radius 2 is 2.07 bits per heavy atom. The molecule has 1 rings (SSSR count). The average Bonchev–Trinajstić information content (AvgIpc) is 2.20. The van der Waals surface area contributed by atoms with E-state index >= 15 is 0 Å². The lowest BCUT2D eigenvalue weighted by Crippen LogP contribution is -2.26. The highest BCUT2D eigenvalue weighted by molar-refractivity contribution is 5.79. The average molecular weight is 211 g/mol. The third-order valence-corrected chi connectivity index (χ3v) is 3.09. The first-order valence-corrected chi connectivity index (χ1v) is 5.78. The van der Waals surface area contributed by atoms with Crippen molar-refractivity contribution in [1.29, 1.82) is 0 Å². The summed E-state index contributed by atoms with van der Waals surface area (Å²) in [4.78, 5) is 10.2. The van der Waals surface area contributed by atoms with Gasteiger partial charge in [-0.2, -0.15) is 0 Å². The zero-order valence-corrected chi connectivity index (χ0v) is 9.41. The summed E-state index contributed by atoms with van der Waals surface area (Å²) in [6.45, 7) is 4.01. The van der Waals surface area contributed by atoms with Gasteiger partial charge in [0, 0.05) is 12.6 Å². The summed E-state index contributed by atoms with van der Waals surface area (Å²) < 4.78 is 0. The number of rotatable bonds is 5. The number of carbonyl (C=O) groups is 1. The third-order valence-electron chi connectivity index (χ3n) is 3.09. The van der Waals surface area contributed by atoms with E-state index in [4.69, 9.17) is 5.11 Å². The molecule has 0 unspecified atom stereocenters. The predicted molar refractivity (Wildman–Crippen MR) is 60.8 cm³/mol. The highest BCUT2D eigenvalue weighted by Crippen LogP contribution is 2.27. The maximum atomic E-state index is 10.2. The van der Waals surface area contributed by atoms with Crippen molar-refractivity contribution in [3.05, 3.63) is 12.2 Å². The first-order valence-electron chi connectivity index (χ1n) is 5.78. The molecule has 1 aliphatic carbocycles. The Morgan fingerprint density at radius 3 is 2.67 bits per heavy atom. The van der Waals surface area contributed by atoms with Crippen molar-refractivity contribution < 1.29 is 9.90 Å². The van der Waals surface area contributed by atoms with Crippen molar-refractivity contribution in [2.45, 2.75) is 32.6 Å². The number of carboxylic acid groups (broad SMARTS) is 1. The minimum absolute atomic E-state index is 0.665. The molecule has 0 atom stereocenters. The zero-order valence-electron chi connectivity index (χ0n) is 9.41. The fourth-order valence-corrected chi connectivity index (χ4v) is 2.06. The van der Waals surface area contributed by atoms with Gasteiger partial charge >= 0.3 is 5.97 Å². The summed E-state index contributed by atoms with van der Waals surface area (Å²) in [7, 11) is 0. The van der Waals surface area contributed by atoms with E-state index in [-0.39, 0.29) is 0 Å². The predicted octanol–water partition coefficient (Wildman–Crippen LogP) is 2.04. The highest BCUT2D eigenvalue weighted by Gasteiger charge is 2.17. The molecule has 3 nitrogen and oxygen atoms in total. The SMILES string of the molecule is CC1CCC(CNC/C=C/C(=O)O)CC1. The lowest BCUT2D eigenvalue weighted by molar-refractivity contribution is -0.131. The van der Waals surface area contributed by atoms with Crippen LogP contribution in [0.3, 0.4) is 0 Å². The molecule has 0 aromatic heterocycles. The van der Waals surface area contributed by atoms with Crippen molar-refractivity contribution >= 4 is 5.97 Å². The molecule has 0 saturated heterocycles. The maximum absolute atomic E-state index is 10.2. The van der Waals surface area contributed by atoms with Gasteiger partial charge in [0.05, 0.1) is 0 Å². The molecular weight excluding hydrogens is 190 g/mol. The van der Waals surface area contributed by atoms with Gasteiger partial charge in [0.2, 0.25) is 0 Å². The smallest absolute Gasteiger partial charge is 0.328 e. The number of hydrogen-bond donors (Lipinski definition) is 2. The van der Waals surface area contributed by atoms with Crippen LogP contribution in [0.25, 0.3) is 0 Å². The van der Waals surface area contributed by atoms with E-state index < -0.39 is 5.97 Å². The van der Waals surface area contributed by atoms with Crippen molar-refractivity contribution in [1.82, 2.24) is 5.32 Å². The van der Waals surface area contributed by atoms with Crippen LogP contribution in [0.5, 0.6) is 0 Å². The first-order chi connectivity index (χ1) is 7.18. The molecule has 0 bridgehead atoms. The Kier molecular flexibility index (Phi) is 5.40. The lowest BCUT2D eigenvalue weighted by atomic mass is 9.83. The summed E-state index contributed by atoms with van der Waals surface area (Å²) in [5.74, 6) is 0.816. The van der Waals surface area contributed by atoms with Crippen LogP contribution in [-0.4, -0.2) is 24.2 Å². The van der Waals surface area contributed by atoms with Gasteiger partial charge in [0.1, 0.15) is 0 Å². The molecule has 86 valence electrons. The third kappa shape index (κ3) is 5.57. The van der Waals surface area contributed by atoms with Crippen LogP contribution in [0.4, 0.5) is 0 Å². The molecule has 1 aliphatic rings. The van der Waals surface area contributed by atoms with Gasteiger partial charge in [-0.05, 0) is 31.2 Å². The number of aliphatic carboxylic acids is 1. The molecule has 1 saturated carbocycles. The van der Waals surface area contributed by atoms with Gasteiger partial charge < -0.3 is 10.4 Å². The van der Waals surface area contributed by atoms with Crippen LogP contribution in [0, 0.1) is 11.8 Å². The lowest BCUT2D eigenvalue weighted by Gasteiger charge is -2.26. The monoisotopic (exact) mass is 211 g/mol. The van der Waals surface area contributed by atoms with Gasteiger partial charge in [-0.3, -0.25) is 0 Å². The van der Waals surface area contributed by atoms with E-state index in [0.29, 0.717) is 6.54 Å². The Balaban J connectivity index is 2.03. The fraction of sp³-hybridized carbons (Fsp3) is 0.750. The minimum Gasteiger partial charge on any atom is -0.478 e. The Bertz CT molecular complexity index is 218. The molecule has 0 aliphatic heterocycles. The molecule has 0 amide bonds. The standard InChI is InChI=1S/C12H21NO2/c1-10-4-6-11(7-5-10)9-13-8-2-3-12(14)15/h2-3,10-11,13H,4-9H2,1H3,(H,14,15)/b3-2+. The fourth-order valence-electron chi connectivity index (χ4n) is 2.06. The van der Waals surface area contributed by atoms with Gasteiger partial charge in [-0.1, -0.05) is 25.8 Å². The van der Waals surface area contributed by atoms with Crippen LogP contribution in [0.1, 0.15) is 32.6 Å². The van der Waals surface area contributed by atoms with Gasteiger partial charge in [0.25, 0.3) is 0 Å². The van der Waals surface area contributed by atoms with Gasteiger partial charge in [0.15, 0.2) is 0 Å². The number of nitrogens with one attached hydrogen (secondary N) is 1. The molecule has 0 spiro atoms. The molecule has 3 heteroatoms. The van der Waals surface area contributed by atoms with Crippen molar-refractivity contribution in [2.24, 2.45) is 11.8 Å². The normalized spacial score (nSPS) is 27.0. The second-order valence-corrected chi connectivity index (χ2v) is 4.52. The highest BCUT2D eigenvalue weighted by atomic mass is 16.4. The van der Waals surface area contributed by atoms with E-state index in [0.717, 1.165) is 18.4 Å². The Labute approximate surface area is 91.6 Å². The van der Waals surface area contributed by atoms with E-state index in [1.807, 2.05) is 0 Å². The molecular formula is C12H21NO2. The molecule has 0 aromatic carbocycles. The van der Waals surface area contributed by atoms with E-state index in [2.05, 4.69) is 12.2 Å². The molecule has 2 N–H and O–H groups in total. The summed E-state index contributed by atoms with van der Waals surface area (Å²) in [6, 6.07) is 0. The second kappa shape index (κ2) is 6.62. The zero-order chi connectivity index (χ0) is 11.1. The molecule has 1 fully saturated rings. The Hall–Kier alpha value is -0.830. The van der Waals surface area contributed by atoms with Crippen LogP contribution in [-0.2, 0) is 4.79 Å². The summed E-state index contributed by atoms with van der Waals surface area (Å²) in [6.07, 6.45) is 8.17. The minimum atomic E-state index is -0.872. The summed E-state index contributed by atoms with van der Waals surface area (Å²) in [5, 5.41) is 11.7. The van der Waals surface area contributed by atoms with Gasteiger partial charge in [-0.15, -0.1) is 0 Å². The van der Waals surface area contributed by atoms with Crippen molar-refractivity contribution in [3.8, 4) is 0 Å². The van der Waals surface area contributed by atoms with Crippen LogP contribution in [0.2, 0.25) is 0 Å². The van der Waals surface area contributed by atoms with E-state index in [9.17, 15) is 4.79 Å². The molecule has 0 heterocycles. The molecule has 15 heavy (non-hydrogen) atoms. The summed E-state index contributed by atoms with van der Waals surface area (Å²) in [5.41, 5.74) is 0. The molecule has 0 radical (unpaired) electrons. The topological polar surface area (TPSA) is 49.3 Å². The maximum Gasteiger partial charge on any atom is 0.328 e. The van der Waals surface area contributed by atoms with Crippen LogP contribution < -0.4 is 5.32 Å². The van der Waals surface area contributed by atoms with Crippen LogP contribution in [0.15, 0.2) is 12.2 Å². The number of carboxylic acids is 1. The Morgan fingerprint density at radius 1 is 1.40 bits per heavy atom. The molecule has 0 aromatic rings. The van der Waals surface area contributed by atoms with E-state index in [1.54, 1.807) is 6.08 Å². The van der Waals surface area contributed by atoms with Crippen molar-refractivity contribution in [3.63, 3.8) is 0 Å². The first kappa shape index (κ1) is 12.2. The number of hydrogen-bond acceptors (Lipinski definition) is 2. The van der Waals surface area contributed by atoms with Crippen molar-refractivity contribution in [2.75, 3.05) is 13.1 Å².